The van der Waals surface area contributed by atoms with Gasteiger partial charge in [0, 0.05) is 24.5 Å². The number of pyridine rings is 1. The monoisotopic (exact) mass is 438 g/mol. The third kappa shape index (κ3) is 6.17. The normalized spacial score (nSPS) is 24.3. The van der Waals surface area contributed by atoms with Gasteiger partial charge in [0.15, 0.2) is 0 Å². The minimum absolute atomic E-state index is 0.172. The van der Waals surface area contributed by atoms with E-state index in [2.05, 4.69) is 46.9 Å². The van der Waals surface area contributed by atoms with E-state index in [9.17, 15) is 5.11 Å². The van der Waals surface area contributed by atoms with E-state index in [1.165, 1.54) is 12.0 Å². The van der Waals surface area contributed by atoms with Gasteiger partial charge in [0.2, 0.25) is 5.95 Å². The van der Waals surface area contributed by atoms with Gasteiger partial charge in [0.05, 0.1) is 17.4 Å². The number of aliphatic hydroxyl groups excluding tert-OH is 1. The fraction of sp³-hybridized carbons (Fsp3) is 0.640. The molecule has 0 aromatic carbocycles. The third-order valence-electron chi connectivity index (χ3n) is 6.71. The minimum atomic E-state index is -0.172. The van der Waals surface area contributed by atoms with Gasteiger partial charge in [-0.15, -0.1) is 0 Å². The van der Waals surface area contributed by atoms with E-state index in [1.807, 2.05) is 12.4 Å². The zero-order valence-electron chi connectivity index (χ0n) is 19.5. The van der Waals surface area contributed by atoms with E-state index in [0.29, 0.717) is 23.9 Å². The topological polar surface area (TPSA) is 95.0 Å². The van der Waals surface area contributed by atoms with Crippen LogP contribution in [-0.4, -0.2) is 51.3 Å². The number of aromatic nitrogens is 3. The summed E-state index contributed by atoms with van der Waals surface area (Å²) in [5.74, 6) is 2.19. The van der Waals surface area contributed by atoms with E-state index in [-0.39, 0.29) is 6.10 Å². The van der Waals surface area contributed by atoms with Crippen molar-refractivity contribution in [2.24, 2.45) is 5.92 Å². The number of nitrogens with one attached hydrogen (secondary N) is 3. The van der Waals surface area contributed by atoms with Crippen LogP contribution in [0.15, 0.2) is 24.5 Å². The Morgan fingerprint density at radius 2 is 1.97 bits per heavy atom. The van der Waals surface area contributed by atoms with Crippen molar-refractivity contribution in [3.63, 3.8) is 0 Å². The quantitative estimate of drug-likeness (QED) is 0.470. The number of hydrogen-bond acceptors (Lipinski definition) is 7. The predicted molar refractivity (Wildman–Crippen MR) is 130 cm³/mol. The predicted octanol–water partition coefficient (Wildman–Crippen LogP) is 4.01. The molecule has 7 nitrogen and oxygen atoms in total. The third-order valence-corrected chi connectivity index (χ3v) is 6.71. The second kappa shape index (κ2) is 11.1. The fourth-order valence-electron chi connectivity index (χ4n) is 4.81. The largest absolute Gasteiger partial charge is 0.393 e. The zero-order chi connectivity index (χ0) is 22.3. The summed E-state index contributed by atoms with van der Waals surface area (Å²) in [7, 11) is 0. The summed E-state index contributed by atoms with van der Waals surface area (Å²) in [4.78, 5) is 14.2. The van der Waals surface area contributed by atoms with Crippen LogP contribution in [0.3, 0.4) is 0 Å². The first-order valence-corrected chi connectivity index (χ1v) is 12.3. The molecular formula is C25H38N6O. The first-order valence-electron chi connectivity index (χ1n) is 12.3. The number of aliphatic hydroxyl groups is 1. The molecule has 0 radical (unpaired) electrons. The van der Waals surface area contributed by atoms with Gasteiger partial charge in [-0.05, 0) is 82.5 Å². The molecule has 0 amide bonds. The van der Waals surface area contributed by atoms with E-state index >= 15 is 0 Å². The molecule has 2 aliphatic rings. The molecule has 0 spiro atoms. The maximum atomic E-state index is 9.87. The van der Waals surface area contributed by atoms with E-state index in [1.54, 1.807) is 0 Å². The molecule has 174 valence electrons. The van der Waals surface area contributed by atoms with Gasteiger partial charge < -0.3 is 21.1 Å². The van der Waals surface area contributed by atoms with Crippen LogP contribution in [0.1, 0.15) is 64.4 Å². The van der Waals surface area contributed by atoms with E-state index in [4.69, 9.17) is 9.97 Å². The molecule has 7 heteroatoms. The highest BCUT2D eigenvalue weighted by Gasteiger charge is 2.22. The van der Waals surface area contributed by atoms with Crippen LogP contribution in [0.4, 0.5) is 11.8 Å². The van der Waals surface area contributed by atoms with Crippen LogP contribution in [0.5, 0.6) is 0 Å². The smallest absolute Gasteiger partial charge is 0.224 e. The van der Waals surface area contributed by atoms with Crippen molar-refractivity contribution in [3.05, 3.63) is 30.1 Å². The van der Waals surface area contributed by atoms with Crippen molar-refractivity contribution < 1.29 is 5.11 Å². The first-order chi connectivity index (χ1) is 15.6. The maximum absolute atomic E-state index is 9.87. The van der Waals surface area contributed by atoms with Crippen molar-refractivity contribution in [3.8, 4) is 11.3 Å². The van der Waals surface area contributed by atoms with Crippen LogP contribution in [0.25, 0.3) is 11.3 Å². The van der Waals surface area contributed by atoms with Crippen LogP contribution in [0, 0.1) is 5.92 Å². The summed E-state index contributed by atoms with van der Waals surface area (Å²) < 4.78 is 0. The standard InChI is InChI=1S/C25H38N6O/c1-3-4-17(2)29-25-28-16-22(24(31-25)30-20-6-8-21(32)9-7-20)23-10-5-18(15-27-23)13-19-11-12-26-14-19/h5,10,15-17,19-21,26,32H,3-4,6-9,11-14H2,1-2H3,(H2,28,29,30,31). The van der Waals surface area contributed by atoms with Crippen LogP contribution in [-0.2, 0) is 6.42 Å². The highest BCUT2D eigenvalue weighted by Crippen LogP contribution is 2.29. The van der Waals surface area contributed by atoms with Crippen molar-refractivity contribution in [1.82, 2.24) is 20.3 Å². The van der Waals surface area contributed by atoms with Crippen molar-refractivity contribution in [1.29, 1.82) is 0 Å². The van der Waals surface area contributed by atoms with Gasteiger partial charge in [-0.2, -0.15) is 4.98 Å². The summed E-state index contributed by atoms with van der Waals surface area (Å²) in [6.07, 6.45) is 11.8. The molecule has 1 saturated heterocycles. The lowest BCUT2D eigenvalue weighted by Gasteiger charge is -2.27. The van der Waals surface area contributed by atoms with Gasteiger partial charge in [-0.1, -0.05) is 19.4 Å². The average molecular weight is 439 g/mol. The molecule has 2 unspecified atom stereocenters. The molecule has 2 aromatic rings. The van der Waals surface area contributed by atoms with E-state index < -0.39 is 0 Å². The van der Waals surface area contributed by atoms with Crippen LogP contribution < -0.4 is 16.0 Å². The van der Waals surface area contributed by atoms with Crippen molar-refractivity contribution in [2.45, 2.75) is 83.4 Å². The molecule has 2 atom stereocenters. The highest BCUT2D eigenvalue weighted by molar-refractivity contribution is 5.73. The Hall–Kier alpha value is -2.25. The minimum Gasteiger partial charge on any atom is -0.393 e. The molecule has 1 aliphatic carbocycles. The van der Waals surface area contributed by atoms with Gasteiger partial charge >= 0.3 is 0 Å². The van der Waals surface area contributed by atoms with Gasteiger partial charge in [-0.3, -0.25) is 4.98 Å². The lowest BCUT2D eigenvalue weighted by Crippen LogP contribution is -2.29. The van der Waals surface area contributed by atoms with Gasteiger partial charge in [0.1, 0.15) is 5.82 Å². The molecular weight excluding hydrogens is 400 g/mol. The molecule has 1 saturated carbocycles. The molecule has 1 aliphatic heterocycles. The second-order valence-corrected chi connectivity index (χ2v) is 9.55. The van der Waals surface area contributed by atoms with E-state index in [0.717, 1.165) is 75.1 Å². The molecule has 0 bridgehead atoms. The Balaban J connectivity index is 1.53. The fourth-order valence-corrected chi connectivity index (χ4v) is 4.81. The Bertz CT molecular complexity index is 844. The summed E-state index contributed by atoms with van der Waals surface area (Å²) >= 11 is 0. The Labute approximate surface area is 191 Å². The second-order valence-electron chi connectivity index (χ2n) is 9.55. The number of rotatable bonds is 9. The van der Waals surface area contributed by atoms with Crippen LogP contribution in [0.2, 0.25) is 0 Å². The SMILES string of the molecule is CCCC(C)Nc1ncc(-c2ccc(CC3CCNC3)cn2)c(NC2CCC(O)CC2)n1. The van der Waals surface area contributed by atoms with Gasteiger partial charge in [-0.25, -0.2) is 4.98 Å². The number of nitrogens with zero attached hydrogens (tertiary/aromatic N) is 3. The number of anilines is 2. The number of hydrogen-bond donors (Lipinski definition) is 4. The first kappa shape index (κ1) is 22.9. The summed E-state index contributed by atoms with van der Waals surface area (Å²) in [5, 5.41) is 20.4. The molecule has 3 heterocycles. The van der Waals surface area contributed by atoms with Crippen LogP contribution >= 0.6 is 0 Å². The van der Waals surface area contributed by atoms with Crippen molar-refractivity contribution in [2.75, 3.05) is 23.7 Å². The molecule has 4 rings (SSSR count). The van der Waals surface area contributed by atoms with Gasteiger partial charge in [0.25, 0.3) is 0 Å². The summed E-state index contributed by atoms with van der Waals surface area (Å²) in [6.45, 7) is 6.57. The summed E-state index contributed by atoms with van der Waals surface area (Å²) in [6, 6.07) is 4.92. The molecule has 4 N–H and O–H groups in total. The average Bonchev–Trinajstić information content (AvgIpc) is 3.30. The summed E-state index contributed by atoms with van der Waals surface area (Å²) in [5.41, 5.74) is 3.11. The Kier molecular flexibility index (Phi) is 7.92. The molecule has 2 aromatic heterocycles. The highest BCUT2D eigenvalue weighted by atomic mass is 16.3. The lowest BCUT2D eigenvalue weighted by atomic mass is 9.93. The Morgan fingerprint density at radius 3 is 2.66 bits per heavy atom. The van der Waals surface area contributed by atoms with Crippen molar-refractivity contribution >= 4 is 11.8 Å². The Morgan fingerprint density at radius 1 is 1.12 bits per heavy atom. The molecule has 32 heavy (non-hydrogen) atoms. The molecule has 2 fully saturated rings. The maximum Gasteiger partial charge on any atom is 0.224 e. The lowest BCUT2D eigenvalue weighted by molar-refractivity contribution is 0.126. The zero-order valence-corrected chi connectivity index (χ0v) is 19.5.